The predicted octanol–water partition coefficient (Wildman–Crippen LogP) is 1.96. The molecular formula is C9H8ClN3O. The van der Waals surface area contributed by atoms with Crippen molar-refractivity contribution in [1.29, 1.82) is 5.41 Å². The fraction of sp³-hybridized carbons (Fsp3) is 0.111. The molecule has 0 amide bonds. The number of hydrogen-bond donors (Lipinski definition) is 1. The Bertz CT molecular complexity index is 492. The number of hydrogen-bond acceptors (Lipinski definition) is 3. The highest BCUT2D eigenvalue weighted by atomic mass is 35.5. The maximum Gasteiger partial charge on any atom is 0.234 e. The Morgan fingerprint density at radius 3 is 3.07 bits per heavy atom. The molecule has 72 valence electrons. The summed E-state index contributed by atoms with van der Waals surface area (Å²) in [6, 6.07) is 5.54. The lowest BCUT2D eigenvalue weighted by Gasteiger charge is -1.98. The van der Waals surface area contributed by atoms with E-state index in [1.54, 1.807) is 10.6 Å². The quantitative estimate of drug-likeness (QED) is 0.577. The number of imidazole rings is 1. The third-order valence-corrected chi connectivity index (χ3v) is 2.19. The summed E-state index contributed by atoms with van der Waals surface area (Å²) in [5.74, 6) is 0.0144. The van der Waals surface area contributed by atoms with Crippen LogP contribution in [0.2, 0.25) is 5.28 Å². The molecule has 2 aromatic heterocycles. The molecule has 0 bridgehead atoms. The average Bonchev–Trinajstić information content (AvgIpc) is 2.56. The second-order valence-electron chi connectivity index (χ2n) is 2.72. The number of aromatic nitrogens is 2. The minimum Gasteiger partial charge on any atom is -0.480 e. The highest BCUT2D eigenvalue weighted by Crippen LogP contribution is 2.16. The number of fused-ring (bicyclic) bond motifs is 1. The zero-order valence-corrected chi connectivity index (χ0v) is 8.25. The second-order valence-corrected chi connectivity index (χ2v) is 3.06. The summed E-state index contributed by atoms with van der Waals surface area (Å²) in [7, 11) is 1.43. The summed E-state index contributed by atoms with van der Waals surface area (Å²) in [5, 5.41) is 7.85. The summed E-state index contributed by atoms with van der Waals surface area (Å²) >= 11 is 5.88. The molecule has 5 heteroatoms. The van der Waals surface area contributed by atoms with Gasteiger partial charge in [0.2, 0.25) is 11.2 Å². The summed E-state index contributed by atoms with van der Waals surface area (Å²) < 4.78 is 6.51. The Labute approximate surface area is 85.6 Å². The van der Waals surface area contributed by atoms with Crippen LogP contribution in [0.3, 0.4) is 0 Å². The Hall–Kier alpha value is -1.55. The molecule has 0 spiro atoms. The van der Waals surface area contributed by atoms with E-state index in [1.165, 1.54) is 7.11 Å². The lowest BCUT2D eigenvalue weighted by molar-refractivity contribution is 0.400. The van der Waals surface area contributed by atoms with Crippen molar-refractivity contribution in [3.05, 3.63) is 35.4 Å². The Morgan fingerprint density at radius 1 is 1.57 bits per heavy atom. The molecule has 2 rings (SSSR count). The molecule has 0 aliphatic carbocycles. The lowest BCUT2D eigenvalue weighted by atomic mass is 10.3. The average molecular weight is 210 g/mol. The van der Waals surface area contributed by atoms with E-state index in [4.69, 9.17) is 21.7 Å². The van der Waals surface area contributed by atoms with Crippen molar-refractivity contribution in [2.45, 2.75) is 0 Å². The third-order valence-electron chi connectivity index (χ3n) is 1.92. The fourth-order valence-corrected chi connectivity index (χ4v) is 1.50. The largest absolute Gasteiger partial charge is 0.480 e. The van der Waals surface area contributed by atoms with Crippen molar-refractivity contribution in [2.24, 2.45) is 0 Å². The first-order valence-electron chi connectivity index (χ1n) is 3.99. The normalized spacial score (nSPS) is 10.4. The molecule has 0 unspecified atom stereocenters. The fourth-order valence-electron chi connectivity index (χ4n) is 1.26. The predicted molar refractivity (Wildman–Crippen MR) is 54.0 cm³/mol. The van der Waals surface area contributed by atoms with Crippen molar-refractivity contribution in [3.63, 3.8) is 0 Å². The van der Waals surface area contributed by atoms with Gasteiger partial charge in [-0.3, -0.25) is 9.81 Å². The molecule has 4 nitrogen and oxygen atoms in total. The molecule has 14 heavy (non-hydrogen) atoms. The van der Waals surface area contributed by atoms with Crippen molar-refractivity contribution < 1.29 is 4.74 Å². The van der Waals surface area contributed by atoms with E-state index in [1.807, 2.05) is 18.2 Å². The van der Waals surface area contributed by atoms with Gasteiger partial charge >= 0.3 is 0 Å². The van der Waals surface area contributed by atoms with E-state index in [0.717, 1.165) is 5.52 Å². The monoisotopic (exact) mass is 209 g/mol. The summed E-state index contributed by atoms with van der Waals surface area (Å²) in [6.45, 7) is 0. The van der Waals surface area contributed by atoms with E-state index < -0.39 is 0 Å². The molecule has 0 radical (unpaired) electrons. The number of rotatable bonds is 1. The van der Waals surface area contributed by atoms with Crippen molar-refractivity contribution in [1.82, 2.24) is 9.38 Å². The van der Waals surface area contributed by atoms with Gasteiger partial charge in [0.15, 0.2) is 5.69 Å². The molecule has 0 fully saturated rings. The van der Waals surface area contributed by atoms with Gasteiger partial charge in [-0.2, -0.15) is 0 Å². The number of pyridine rings is 1. The van der Waals surface area contributed by atoms with Crippen molar-refractivity contribution in [3.8, 4) is 0 Å². The SMILES string of the molecule is COC(=N)c1nc(Cl)n2ccccc12. The molecule has 0 saturated carbocycles. The van der Waals surface area contributed by atoms with Gasteiger partial charge in [-0.25, -0.2) is 4.98 Å². The van der Waals surface area contributed by atoms with Crippen LogP contribution >= 0.6 is 11.6 Å². The maximum absolute atomic E-state index is 7.52. The first-order chi connectivity index (χ1) is 6.74. The minimum atomic E-state index is 0.0144. The van der Waals surface area contributed by atoms with Gasteiger partial charge in [-0.15, -0.1) is 0 Å². The van der Waals surface area contributed by atoms with Gasteiger partial charge in [-0.1, -0.05) is 6.07 Å². The molecule has 0 saturated heterocycles. The molecule has 0 atom stereocenters. The zero-order valence-electron chi connectivity index (χ0n) is 7.49. The summed E-state index contributed by atoms with van der Waals surface area (Å²) in [5.41, 5.74) is 1.22. The highest BCUT2D eigenvalue weighted by molar-refractivity contribution is 6.29. The van der Waals surface area contributed by atoms with Crippen LogP contribution < -0.4 is 0 Å². The highest BCUT2D eigenvalue weighted by Gasteiger charge is 2.12. The topological polar surface area (TPSA) is 50.4 Å². The molecule has 0 aliphatic heterocycles. The van der Waals surface area contributed by atoms with Crippen LogP contribution in [0.4, 0.5) is 0 Å². The van der Waals surface area contributed by atoms with Crippen LogP contribution in [-0.2, 0) is 4.74 Å². The third kappa shape index (κ3) is 1.24. The van der Waals surface area contributed by atoms with Crippen molar-refractivity contribution in [2.75, 3.05) is 7.11 Å². The maximum atomic E-state index is 7.52. The summed E-state index contributed by atoms with van der Waals surface area (Å²) in [6.07, 6.45) is 1.79. The molecular weight excluding hydrogens is 202 g/mol. The lowest BCUT2D eigenvalue weighted by Crippen LogP contribution is -2.02. The van der Waals surface area contributed by atoms with Crippen LogP contribution in [0.25, 0.3) is 5.52 Å². The Morgan fingerprint density at radius 2 is 2.36 bits per heavy atom. The molecule has 0 aromatic carbocycles. The first kappa shape index (κ1) is 9.02. The van der Waals surface area contributed by atoms with E-state index in [9.17, 15) is 0 Å². The van der Waals surface area contributed by atoms with Crippen molar-refractivity contribution >= 4 is 23.0 Å². The van der Waals surface area contributed by atoms with Crippen LogP contribution in [0, 0.1) is 5.41 Å². The van der Waals surface area contributed by atoms with Crippen LogP contribution in [0.15, 0.2) is 24.4 Å². The minimum absolute atomic E-state index is 0.0144. The van der Waals surface area contributed by atoms with Gasteiger partial charge in [-0.05, 0) is 23.7 Å². The Balaban J connectivity index is 2.72. The van der Waals surface area contributed by atoms with Crippen LogP contribution in [-0.4, -0.2) is 22.4 Å². The summed E-state index contributed by atoms with van der Waals surface area (Å²) in [4.78, 5) is 4.04. The second kappa shape index (κ2) is 3.31. The van der Waals surface area contributed by atoms with E-state index in [0.29, 0.717) is 11.0 Å². The molecule has 1 N–H and O–H groups in total. The zero-order chi connectivity index (χ0) is 10.1. The molecule has 2 aromatic rings. The number of methoxy groups -OCH3 is 1. The van der Waals surface area contributed by atoms with Gasteiger partial charge in [0.05, 0.1) is 12.6 Å². The number of halogens is 1. The van der Waals surface area contributed by atoms with E-state index in [-0.39, 0.29) is 5.90 Å². The van der Waals surface area contributed by atoms with Crippen LogP contribution in [0.1, 0.15) is 5.69 Å². The van der Waals surface area contributed by atoms with Gasteiger partial charge < -0.3 is 4.74 Å². The van der Waals surface area contributed by atoms with Gasteiger partial charge in [0.1, 0.15) is 0 Å². The standard InChI is InChI=1S/C9H8ClN3O/c1-14-8(11)7-6-4-2-3-5-13(6)9(10)12-7/h2-5,11H,1H3. The number of nitrogens with one attached hydrogen (secondary N) is 1. The molecule has 0 aliphatic rings. The van der Waals surface area contributed by atoms with E-state index in [2.05, 4.69) is 4.98 Å². The number of nitrogens with zero attached hydrogens (tertiary/aromatic N) is 2. The smallest absolute Gasteiger partial charge is 0.234 e. The molecule has 2 heterocycles. The van der Waals surface area contributed by atoms with E-state index >= 15 is 0 Å². The Kier molecular flexibility index (Phi) is 2.13. The van der Waals surface area contributed by atoms with Gasteiger partial charge in [0.25, 0.3) is 0 Å². The number of ether oxygens (including phenoxy) is 1. The first-order valence-corrected chi connectivity index (χ1v) is 4.37. The van der Waals surface area contributed by atoms with Gasteiger partial charge in [0, 0.05) is 6.20 Å². The van der Waals surface area contributed by atoms with Crippen LogP contribution in [0.5, 0.6) is 0 Å².